The number of carboxylic acids is 1. The molecule has 0 bridgehead atoms. The number of rotatable bonds is 7. The number of carboxylic acid groups (broad SMARTS) is 1. The van der Waals surface area contributed by atoms with Gasteiger partial charge in [0.25, 0.3) is 0 Å². The number of nitrogens with two attached hydrogens (primary N) is 1. The molecule has 10 nitrogen and oxygen atoms in total. The number of benzene rings is 1. The number of hydrogen-bond donors (Lipinski definition) is 4. The third-order valence-electron chi connectivity index (χ3n) is 5.20. The Morgan fingerprint density at radius 1 is 1.34 bits per heavy atom. The van der Waals surface area contributed by atoms with Crippen LogP contribution in [0, 0.1) is 0 Å². The number of likely N-dealkylation sites (tertiary alicyclic amines) is 1. The van der Waals surface area contributed by atoms with Crippen molar-refractivity contribution in [1.29, 1.82) is 0 Å². The fraction of sp³-hybridized carbons (Fsp3) is 0.500. The normalized spacial score (nSPS) is 18.8. The Kier molecular flexibility index (Phi) is 5.83. The van der Waals surface area contributed by atoms with Gasteiger partial charge in [0.15, 0.2) is 0 Å². The first-order valence-electron chi connectivity index (χ1n) is 9.46. The molecule has 0 aromatic heterocycles. The van der Waals surface area contributed by atoms with E-state index < -0.39 is 24.9 Å². The standard InChI is InChI=1S/C18H24BN2O8/c1-10(22)13(20)3-5-15(23)21-8-12(9-21)28-14-4-2-11-6-7-19(26,27)29-17(11)16(14)18(24)25/h2,4,12-13,26-27H,3,5-9,20H2,1H3,(H,24,25)/q-1/t13-/m1/s1. The molecule has 2 aliphatic rings. The third-order valence-corrected chi connectivity index (χ3v) is 5.20. The first-order valence-corrected chi connectivity index (χ1v) is 9.46. The fourth-order valence-electron chi connectivity index (χ4n) is 3.37. The molecule has 2 aliphatic heterocycles. The van der Waals surface area contributed by atoms with Crippen LogP contribution in [0.5, 0.6) is 11.5 Å². The molecule has 3 rings (SSSR count). The van der Waals surface area contributed by atoms with Crippen molar-refractivity contribution < 1.29 is 38.9 Å². The van der Waals surface area contributed by atoms with Gasteiger partial charge in [0, 0.05) is 6.42 Å². The minimum Gasteiger partial charge on any atom is -0.669 e. The number of ether oxygens (including phenoxy) is 1. The van der Waals surface area contributed by atoms with Gasteiger partial charge < -0.3 is 35.2 Å². The van der Waals surface area contributed by atoms with Crippen LogP contribution in [0.4, 0.5) is 0 Å². The number of carbonyl (C=O) groups is 3. The quantitative estimate of drug-likeness (QED) is 0.438. The summed E-state index contributed by atoms with van der Waals surface area (Å²) in [4.78, 5) is 36.6. The number of nitrogens with zero attached hydrogens (tertiary/aromatic N) is 1. The summed E-state index contributed by atoms with van der Waals surface area (Å²) in [7, 11) is 0. The van der Waals surface area contributed by atoms with E-state index in [2.05, 4.69) is 0 Å². The van der Waals surface area contributed by atoms with Gasteiger partial charge in [-0.3, -0.25) is 9.59 Å². The Balaban J connectivity index is 1.63. The van der Waals surface area contributed by atoms with Crippen LogP contribution in [0.2, 0.25) is 6.32 Å². The summed E-state index contributed by atoms with van der Waals surface area (Å²) in [5, 5.41) is 29.1. The zero-order valence-electron chi connectivity index (χ0n) is 16.0. The van der Waals surface area contributed by atoms with Crippen LogP contribution in [0.15, 0.2) is 12.1 Å². The molecule has 1 atom stereocenters. The number of amides is 1. The average Bonchev–Trinajstić information content (AvgIpc) is 2.60. The minimum atomic E-state index is -3.11. The highest BCUT2D eigenvalue weighted by atomic mass is 16.6. The van der Waals surface area contributed by atoms with Crippen LogP contribution in [0.3, 0.4) is 0 Å². The SMILES string of the molecule is CC(=O)[C@H](N)CCC(=O)N1CC(Oc2ccc3c(c2C(=O)O)O[B-](O)(O)CC3)C1. The Labute approximate surface area is 167 Å². The van der Waals surface area contributed by atoms with Gasteiger partial charge in [-0.05, 0) is 31.4 Å². The molecule has 0 aliphatic carbocycles. The van der Waals surface area contributed by atoms with Crippen molar-refractivity contribution in [3.05, 3.63) is 23.3 Å². The Morgan fingerprint density at radius 2 is 2.03 bits per heavy atom. The second kappa shape index (κ2) is 8.01. The second-order valence-corrected chi connectivity index (χ2v) is 7.54. The third kappa shape index (κ3) is 4.69. The highest BCUT2D eigenvalue weighted by Gasteiger charge is 2.36. The topological polar surface area (TPSA) is 160 Å². The van der Waals surface area contributed by atoms with E-state index >= 15 is 0 Å². The lowest BCUT2D eigenvalue weighted by Crippen LogP contribution is -2.56. The molecule has 5 N–H and O–H groups in total. The summed E-state index contributed by atoms with van der Waals surface area (Å²) in [6, 6.07) is 2.48. The molecule has 0 spiro atoms. The van der Waals surface area contributed by atoms with E-state index in [0.29, 0.717) is 5.56 Å². The number of fused-ring (bicyclic) bond motifs is 1. The van der Waals surface area contributed by atoms with Gasteiger partial charge in [-0.1, -0.05) is 12.4 Å². The monoisotopic (exact) mass is 407 g/mol. The zero-order chi connectivity index (χ0) is 21.3. The van der Waals surface area contributed by atoms with Crippen LogP contribution >= 0.6 is 0 Å². The molecule has 1 saturated heterocycles. The lowest BCUT2D eigenvalue weighted by Gasteiger charge is -2.40. The van der Waals surface area contributed by atoms with E-state index in [1.165, 1.54) is 13.0 Å². The van der Waals surface area contributed by atoms with Crippen LogP contribution in [-0.2, 0) is 16.0 Å². The van der Waals surface area contributed by atoms with Crippen molar-refractivity contribution in [2.75, 3.05) is 13.1 Å². The van der Waals surface area contributed by atoms with Crippen molar-refractivity contribution >= 4 is 24.4 Å². The predicted octanol–water partition coefficient (Wildman–Crippen LogP) is -0.471. The van der Waals surface area contributed by atoms with Crippen molar-refractivity contribution in [1.82, 2.24) is 4.90 Å². The van der Waals surface area contributed by atoms with Crippen molar-refractivity contribution in [3.63, 3.8) is 0 Å². The first-order chi connectivity index (χ1) is 13.6. The Bertz CT molecular complexity index is 837. The zero-order valence-corrected chi connectivity index (χ0v) is 16.0. The molecule has 11 heteroatoms. The molecule has 0 saturated carbocycles. The molecule has 0 unspecified atom stereocenters. The van der Waals surface area contributed by atoms with E-state index in [1.54, 1.807) is 11.0 Å². The maximum absolute atomic E-state index is 12.1. The summed E-state index contributed by atoms with van der Waals surface area (Å²) in [6.07, 6.45) is 0.278. The maximum atomic E-state index is 12.1. The van der Waals surface area contributed by atoms with Gasteiger partial charge in [-0.2, -0.15) is 0 Å². The van der Waals surface area contributed by atoms with Crippen LogP contribution in [0.25, 0.3) is 0 Å². The van der Waals surface area contributed by atoms with Gasteiger partial charge >= 0.3 is 12.7 Å². The first kappa shape index (κ1) is 21.1. The van der Waals surface area contributed by atoms with Crippen molar-refractivity contribution in [2.45, 2.75) is 44.7 Å². The minimum absolute atomic E-state index is 0.0146. The molecular weight excluding hydrogens is 383 g/mol. The molecule has 0 radical (unpaired) electrons. The molecule has 1 aromatic carbocycles. The molecule has 1 amide bonds. The molecule has 1 fully saturated rings. The van der Waals surface area contributed by atoms with E-state index in [1.807, 2.05) is 0 Å². The van der Waals surface area contributed by atoms with E-state index in [0.717, 1.165) is 0 Å². The van der Waals surface area contributed by atoms with E-state index in [-0.39, 0.29) is 67.4 Å². The van der Waals surface area contributed by atoms with Gasteiger partial charge in [0.05, 0.1) is 24.9 Å². The lowest BCUT2D eigenvalue weighted by atomic mass is 9.70. The van der Waals surface area contributed by atoms with Crippen LogP contribution in [-0.4, -0.2) is 69.7 Å². The molecular formula is C18H24BN2O8-. The summed E-state index contributed by atoms with van der Waals surface area (Å²) < 4.78 is 10.9. The second-order valence-electron chi connectivity index (χ2n) is 7.54. The average molecular weight is 407 g/mol. The van der Waals surface area contributed by atoms with Gasteiger partial charge in [0.1, 0.15) is 23.2 Å². The number of hydrogen-bond acceptors (Lipinski definition) is 8. The van der Waals surface area contributed by atoms with Crippen LogP contribution in [0.1, 0.15) is 35.7 Å². The predicted molar refractivity (Wildman–Crippen MR) is 102 cm³/mol. The molecule has 29 heavy (non-hydrogen) atoms. The summed E-state index contributed by atoms with van der Waals surface area (Å²) in [6.45, 7) is -1.18. The van der Waals surface area contributed by atoms with Crippen LogP contribution < -0.4 is 15.1 Å². The summed E-state index contributed by atoms with van der Waals surface area (Å²) >= 11 is 0. The van der Waals surface area contributed by atoms with Crippen molar-refractivity contribution in [2.24, 2.45) is 5.73 Å². The number of aryl methyl sites for hydroxylation is 1. The number of carbonyl (C=O) groups excluding carboxylic acids is 2. The Hall–Kier alpha value is -2.63. The Morgan fingerprint density at radius 3 is 2.66 bits per heavy atom. The summed E-state index contributed by atoms with van der Waals surface area (Å²) in [5.74, 6) is -1.69. The number of aromatic carboxylic acids is 1. The van der Waals surface area contributed by atoms with E-state index in [9.17, 15) is 29.5 Å². The lowest BCUT2D eigenvalue weighted by molar-refractivity contribution is -0.140. The number of ketones is 1. The summed E-state index contributed by atoms with van der Waals surface area (Å²) in [5.41, 5.74) is 5.92. The highest BCUT2D eigenvalue weighted by Crippen LogP contribution is 2.38. The largest absolute Gasteiger partial charge is 0.669 e. The molecule has 1 aromatic rings. The highest BCUT2D eigenvalue weighted by molar-refractivity contribution is 6.59. The molecule has 2 heterocycles. The van der Waals surface area contributed by atoms with Gasteiger partial charge in [-0.25, -0.2) is 4.79 Å². The smallest absolute Gasteiger partial charge is 0.430 e. The van der Waals surface area contributed by atoms with E-state index in [4.69, 9.17) is 15.1 Å². The number of Topliss-reactive ketones (excluding diaryl/α,β-unsaturated/α-hetero) is 1. The van der Waals surface area contributed by atoms with Gasteiger partial charge in [-0.15, -0.1) is 0 Å². The fourth-order valence-corrected chi connectivity index (χ4v) is 3.37. The molecule has 158 valence electrons. The van der Waals surface area contributed by atoms with Crippen molar-refractivity contribution in [3.8, 4) is 11.5 Å². The van der Waals surface area contributed by atoms with Gasteiger partial charge in [0.2, 0.25) is 5.91 Å². The maximum Gasteiger partial charge on any atom is 0.430 e.